The van der Waals surface area contributed by atoms with Gasteiger partial charge in [-0.1, -0.05) is 36.4 Å². The Bertz CT molecular complexity index is 1020. The fourth-order valence-corrected chi connectivity index (χ4v) is 3.65. The normalized spacial score (nSPS) is 10.7. The number of hydrogen-bond donors (Lipinski definition) is 0. The summed E-state index contributed by atoms with van der Waals surface area (Å²) >= 11 is 0. The molecule has 0 bridgehead atoms. The third-order valence-corrected chi connectivity index (χ3v) is 5.25. The lowest BCUT2D eigenvalue weighted by Crippen LogP contribution is -2.09. The van der Waals surface area contributed by atoms with Crippen LogP contribution in [0.4, 0.5) is 5.69 Å². The first kappa shape index (κ1) is 19.5. The molecule has 0 N–H and O–H groups in total. The average Bonchev–Trinajstić information content (AvgIpc) is 2.69. The van der Waals surface area contributed by atoms with Crippen LogP contribution in [-0.2, 0) is 12.8 Å². The minimum Gasteiger partial charge on any atom is -0.294 e. The summed E-state index contributed by atoms with van der Waals surface area (Å²) < 4.78 is 0. The topological polar surface area (TPSA) is 60.2 Å². The molecule has 142 valence electrons. The molecule has 28 heavy (non-hydrogen) atoms. The van der Waals surface area contributed by atoms with E-state index in [1.54, 1.807) is 0 Å². The maximum absolute atomic E-state index is 12.8. The Labute approximate surface area is 165 Å². The zero-order chi connectivity index (χ0) is 20.3. The summed E-state index contributed by atoms with van der Waals surface area (Å²) in [6.07, 6.45) is 1.12. The van der Waals surface area contributed by atoms with Crippen LogP contribution < -0.4 is 0 Å². The Hall–Kier alpha value is -3.27. The Morgan fingerprint density at radius 3 is 2.11 bits per heavy atom. The van der Waals surface area contributed by atoms with E-state index in [9.17, 15) is 14.9 Å². The van der Waals surface area contributed by atoms with Crippen molar-refractivity contribution in [3.05, 3.63) is 110 Å². The minimum atomic E-state index is -0.460. The summed E-state index contributed by atoms with van der Waals surface area (Å²) in [6.45, 7) is 6.22. The van der Waals surface area contributed by atoms with Gasteiger partial charge in [-0.2, -0.15) is 0 Å². The lowest BCUT2D eigenvalue weighted by Gasteiger charge is -2.17. The minimum absolute atomic E-state index is 0.00982. The zero-order valence-corrected chi connectivity index (χ0v) is 16.4. The van der Waals surface area contributed by atoms with Gasteiger partial charge in [0.15, 0.2) is 5.78 Å². The van der Waals surface area contributed by atoms with Gasteiger partial charge in [0.05, 0.1) is 4.92 Å². The third kappa shape index (κ3) is 4.17. The van der Waals surface area contributed by atoms with E-state index >= 15 is 0 Å². The van der Waals surface area contributed by atoms with Gasteiger partial charge in [-0.05, 0) is 72.7 Å². The number of aryl methyl sites for hydroxylation is 2. The SMILES string of the molecule is Cc1cc(C)c(Cc2ccccc2)c(C)c1CC(=O)c1ccc([N+](=O)[O-])cc1. The molecule has 0 amide bonds. The van der Waals surface area contributed by atoms with E-state index in [4.69, 9.17) is 0 Å². The fourth-order valence-electron chi connectivity index (χ4n) is 3.65. The van der Waals surface area contributed by atoms with Gasteiger partial charge in [0.25, 0.3) is 5.69 Å². The van der Waals surface area contributed by atoms with Crippen LogP contribution >= 0.6 is 0 Å². The summed E-state index contributed by atoms with van der Waals surface area (Å²) in [4.78, 5) is 23.1. The smallest absolute Gasteiger partial charge is 0.269 e. The van der Waals surface area contributed by atoms with E-state index in [1.807, 2.05) is 25.1 Å². The molecule has 0 aliphatic heterocycles. The van der Waals surface area contributed by atoms with Gasteiger partial charge >= 0.3 is 0 Å². The zero-order valence-electron chi connectivity index (χ0n) is 16.4. The predicted molar refractivity (Wildman–Crippen MR) is 111 cm³/mol. The number of nitro groups is 1. The molecular formula is C24H23NO3. The highest BCUT2D eigenvalue weighted by atomic mass is 16.6. The van der Waals surface area contributed by atoms with Crippen molar-refractivity contribution in [3.63, 3.8) is 0 Å². The number of benzene rings is 3. The van der Waals surface area contributed by atoms with E-state index in [-0.39, 0.29) is 17.9 Å². The number of nitrogens with zero attached hydrogens (tertiary/aromatic N) is 1. The Morgan fingerprint density at radius 1 is 0.893 bits per heavy atom. The van der Waals surface area contributed by atoms with Crippen LogP contribution in [0.3, 0.4) is 0 Å². The summed E-state index contributed by atoms with van der Waals surface area (Å²) in [7, 11) is 0. The van der Waals surface area contributed by atoms with E-state index in [1.165, 1.54) is 41.0 Å². The molecule has 0 saturated carbocycles. The highest BCUT2D eigenvalue weighted by Crippen LogP contribution is 2.26. The largest absolute Gasteiger partial charge is 0.294 e. The molecule has 4 heteroatoms. The number of rotatable bonds is 6. The molecule has 0 saturated heterocycles. The van der Waals surface area contributed by atoms with Gasteiger partial charge < -0.3 is 0 Å². The first-order valence-corrected chi connectivity index (χ1v) is 9.27. The molecule has 0 aromatic heterocycles. The van der Waals surface area contributed by atoms with Gasteiger partial charge in [-0.3, -0.25) is 14.9 Å². The second kappa shape index (κ2) is 8.17. The van der Waals surface area contributed by atoms with Gasteiger partial charge in [-0.15, -0.1) is 0 Å². The number of non-ortho nitro benzene ring substituents is 1. The van der Waals surface area contributed by atoms with Gasteiger partial charge in [-0.25, -0.2) is 0 Å². The van der Waals surface area contributed by atoms with Crippen molar-refractivity contribution in [2.24, 2.45) is 0 Å². The van der Waals surface area contributed by atoms with Crippen molar-refractivity contribution in [1.29, 1.82) is 0 Å². The maximum Gasteiger partial charge on any atom is 0.269 e. The predicted octanol–water partition coefficient (Wildman–Crippen LogP) is 5.54. The van der Waals surface area contributed by atoms with E-state index < -0.39 is 4.92 Å². The second-order valence-electron chi connectivity index (χ2n) is 7.16. The van der Waals surface area contributed by atoms with Crippen LogP contribution in [-0.4, -0.2) is 10.7 Å². The van der Waals surface area contributed by atoms with Gasteiger partial charge in [0.2, 0.25) is 0 Å². The van der Waals surface area contributed by atoms with Crippen LogP contribution in [0.1, 0.15) is 43.7 Å². The van der Waals surface area contributed by atoms with Crippen molar-refractivity contribution in [2.45, 2.75) is 33.6 Å². The molecule has 0 unspecified atom stereocenters. The molecule has 0 heterocycles. The van der Waals surface area contributed by atoms with Gasteiger partial charge in [0, 0.05) is 24.1 Å². The lowest BCUT2D eigenvalue weighted by atomic mass is 9.87. The average molecular weight is 373 g/mol. The highest BCUT2D eigenvalue weighted by Gasteiger charge is 2.16. The maximum atomic E-state index is 12.8. The molecule has 3 aromatic rings. The quantitative estimate of drug-likeness (QED) is 0.324. The van der Waals surface area contributed by atoms with E-state index in [2.05, 4.69) is 32.0 Å². The van der Waals surface area contributed by atoms with Crippen LogP contribution in [0, 0.1) is 30.9 Å². The number of carbonyl (C=O) groups is 1. The van der Waals surface area contributed by atoms with Crippen LogP contribution in [0.5, 0.6) is 0 Å². The molecule has 0 radical (unpaired) electrons. The molecule has 3 rings (SSSR count). The number of carbonyl (C=O) groups excluding carboxylic acids is 1. The summed E-state index contributed by atoms with van der Waals surface area (Å²) in [5.74, 6) is -0.0318. The lowest BCUT2D eigenvalue weighted by molar-refractivity contribution is -0.384. The monoisotopic (exact) mass is 373 g/mol. The van der Waals surface area contributed by atoms with Crippen LogP contribution in [0.15, 0.2) is 60.7 Å². The second-order valence-corrected chi connectivity index (χ2v) is 7.16. The highest BCUT2D eigenvalue weighted by molar-refractivity contribution is 5.98. The molecule has 4 nitrogen and oxygen atoms in total. The molecule has 0 aliphatic carbocycles. The Balaban J connectivity index is 1.90. The summed E-state index contributed by atoms with van der Waals surface area (Å²) in [5, 5.41) is 10.8. The summed E-state index contributed by atoms with van der Waals surface area (Å²) in [5.41, 5.74) is 7.50. The van der Waals surface area contributed by atoms with Crippen molar-refractivity contribution >= 4 is 11.5 Å². The van der Waals surface area contributed by atoms with Crippen molar-refractivity contribution < 1.29 is 9.72 Å². The summed E-state index contributed by atoms with van der Waals surface area (Å²) in [6, 6.07) is 18.3. The first-order valence-electron chi connectivity index (χ1n) is 9.27. The number of hydrogen-bond acceptors (Lipinski definition) is 3. The Morgan fingerprint density at radius 2 is 1.50 bits per heavy atom. The van der Waals surface area contributed by atoms with Crippen molar-refractivity contribution in [2.75, 3.05) is 0 Å². The van der Waals surface area contributed by atoms with E-state index in [0.29, 0.717) is 5.56 Å². The number of ketones is 1. The number of nitro benzene ring substituents is 1. The fraction of sp³-hybridized carbons (Fsp3) is 0.208. The molecule has 3 aromatic carbocycles. The van der Waals surface area contributed by atoms with Crippen molar-refractivity contribution in [1.82, 2.24) is 0 Å². The number of Topliss-reactive ketones (excluding diaryl/α,β-unsaturated/α-hetero) is 1. The standard InChI is InChI=1S/C24H23NO3/c1-16-13-17(2)23(18(3)22(16)14-19-7-5-4-6-8-19)15-24(26)20-9-11-21(12-10-20)25(27)28/h4-13H,14-15H2,1-3H3. The van der Waals surface area contributed by atoms with Crippen LogP contribution in [0.2, 0.25) is 0 Å². The van der Waals surface area contributed by atoms with Crippen molar-refractivity contribution in [3.8, 4) is 0 Å². The molecule has 0 fully saturated rings. The first-order chi connectivity index (χ1) is 13.4. The van der Waals surface area contributed by atoms with Gasteiger partial charge in [0.1, 0.15) is 0 Å². The molecule has 0 atom stereocenters. The molecular weight excluding hydrogens is 350 g/mol. The third-order valence-electron chi connectivity index (χ3n) is 5.25. The van der Waals surface area contributed by atoms with E-state index in [0.717, 1.165) is 23.1 Å². The Kier molecular flexibility index (Phi) is 5.69. The molecule has 0 aliphatic rings. The molecule has 0 spiro atoms. The van der Waals surface area contributed by atoms with Crippen LogP contribution in [0.25, 0.3) is 0 Å².